The van der Waals surface area contributed by atoms with Crippen molar-refractivity contribution in [3.8, 4) is 0 Å². The van der Waals surface area contributed by atoms with Crippen LogP contribution in [0.2, 0.25) is 5.02 Å². The molecule has 0 bridgehead atoms. The molecule has 1 saturated heterocycles. The number of benzene rings is 1. The summed E-state index contributed by atoms with van der Waals surface area (Å²) in [6.07, 6.45) is 3.12. The number of nitrogens with zero attached hydrogens (tertiary/aromatic N) is 1. The van der Waals surface area contributed by atoms with Crippen molar-refractivity contribution in [2.75, 3.05) is 6.54 Å². The van der Waals surface area contributed by atoms with Crippen molar-refractivity contribution in [3.63, 3.8) is 0 Å². The zero-order valence-electron chi connectivity index (χ0n) is 11.0. The van der Waals surface area contributed by atoms with E-state index in [1.54, 1.807) is 23.3 Å². The minimum Gasteiger partial charge on any atom is -0.467 e. The van der Waals surface area contributed by atoms with E-state index in [0.29, 0.717) is 12.3 Å². The standard InChI is InChI=1S/C15H12ClF2NO2/c16-10-8-12(18)11(17)7-9(10)15(20)19-5-1-3-13(19)14-4-2-6-21-14/h2,4,6-8,13H,1,3,5H2. The minimum absolute atomic E-state index is 0.0333. The van der Waals surface area contributed by atoms with Gasteiger partial charge in [0.25, 0.3) is 5.91 Å². The van der Waals surface area contributed by atoms with Gasteiger partial charge in [0.15, 0.2) is 11.6 Å². The molecule has 1 amide bonds. The van der Waals surface area contributed by atoms with E-state index in [2.05, 4.69) is 0 Å². The Hall–Kier alpha value is -1.88. The van der Waals surface area contributed by atoms with Crippen LogP contribution in [0.3, 0.4) is 0 Å². The monoisotopic (exact) mass is 311 g/mol. The fraction of sp³-hybridized carbons (Fsp3) is 0.267. The summed E-state index contributed by atoms with van der Waals surface area (Å²) in [6.45, 7) is 0.527. The molecule has 2 aromatic rings. The first-order valence-electron chi connectivity index (χ1n) is 6.57. The maximum absolute atomic E-state index is 13.4. The maximum Gasteiger partial charge on any atom is 0.256 e. The predicted octanol–water partition coefficient (Wildman–Crippen LogP) is 4.19. The summed E-state index contributed by atoms with van der Waals surface area (Å²) in [6, 6.07) is 5.01. The van der Waals surface area contributed by atoms with Gasteiger partial charge in [0, 0.05) is 6.54 Å². The molecule has 2 heterocycles. The Morgan fingerprint density at radius 1 is 1.33 bits per heavy atom. The average Bonchev–Trinajstić information content (AvgIpc) is 3.11. The van der Waals surface area contributed by atoms with E-state index in [1.165, 1.54) is 0 Å². The Morgan fingerprint density at radius 3 is 2.81 bits per heavy atom. The molecule has 0 aliphatic carbocycles. The molecule has 1 unspecified atom stereocenters. The number of hydrogen-bond donors (Lipinski definition) is 0. The van der Waals surface area contributed by atoms with E-state index in [0.717, 1.165) is 25.0 Å². The van der Waals surface area contributed by atoms with Gasteiger partial charge in [-0.1, -0.05) is 11.6 Å². The topological polar surface area (TPSA) is 33.5 Å². The number of carbonyl (C=O) groups is 1. The second kappa shape index (κ2) is 5.48. The van der Waals surface area contributed by atoms with Gasteiger partial charge in [-0.05, 0) is 37.1 Å². The number of halogens is 3. The van der Waals surface area contributed by atoms with Gasteiger partial charge < -0.3 is 9.32 Å². The number of rotatable bonds is 2. The molecule has 6 heteroatoms. The van der Waals surface area contributed by atoms with Gasteiger partial charge in [0.05, 0.1) is 22.9 Å². The first kappa shape index (κ1) is 14.1. The second-order valence-electron chi connectivity index (χ2n) is 4.92. The molecule has 0 spiro atoms. The van der Waals surface area contributed by atoms with Crippen LogP contribution in [0.5, 0.6) is 0 Å². The summed E-state index contributed by atoms with van der Waals surface area (Å²) < 4.78 is 31.8. The molecule has 0 N–H and O–H groups in total. The van der Waals surface area contributed by atoms with E-state index in [4.69, 9.17) is 16.0 Å². The molecule has 0 radical (unpaired) electrons. The second-order valence-corrected chi connectivity index (χ2v) is 5.33. The molecular formula is C15H12ClF2NO2. The number of amides is 1. The molecule has 1 atom stereocenters. The lowest BCUT2D eigenvalue weighted by Gasteiger charge is -2.23. The van der Waals surface area contributed by atoms with Gasteiger partial charge in [-0.25, -0.2) is 8.78 Å². The fourth-order valence-electron chi connectivity index (χ4n) is 2.63. The van der Waals surface area contributed by atoms with Gasteiger partial charge in [-0.2, -0.15) is 0 Å². The van der Waals surface area contributed by atoms with Crippen LogP contribution in [0, 0.1) is 11.6 Å². The Kier molecular flexibility index (Phi) is 3.68. The lowest BCUT2D eigenvalue weighted by molar-refractivity contribution is 0.0719. The highest BCUT2D eigenvalue weighted by Gasteiger charge is 2.33. The van der Waals surface area contributed by atoms with Gasteiger partial charge in [-0.15, -0.1) is 0 Å². The molecular weight excluding hydrogens is 300 g/mol. The normalized spacial score (nSPS) is 18.2. The maximum atomic E-state index is 13.4. The lowest BCUT2D eigenvalue weighted by atomic mass is 10.1. The predicted molar refractivity (Wildman–Crippen MR) is 73.1 cm³/mol. The Labute approximate surface area is 125 Å². The van der Waals surface area contributed by atoms with Crippen LogP contribution in [0.4, 0.5) is 8.78 Å². The first-order chi connectivity index (χ1) is 10.1. The van der Waals surface area contributed by atoms with Crippen molar-refractivity contribution in [3.05, 3.63) is 58.5 Å². The fourth-order valence-corrected chi connectivity index (χ4v) is 2.86. The quantitative estimate of drug-likeness (QED) is 0.779. The zero-order valence-corrected chi connectivity index (χ0v) is 11.7. The van der Waals surface area contributed by atoms with Gasteiger partial charge in [-0.3, -0.25) is 4.79 Å². The molecule has 3 nitrogen and oxygen atoms in total. The molecule has 0 saturated carbocycles. The van der Waals surface area contributed by atoms with Crippen molar-refractivity contribution >= 4 is 17.5 Å². The van der Waals surface area contributed by atoms with Crippen LogP contribution in [0.15, 0.2) is 34.9 Å². The Bertz CT molecular complexity index is 673. The summed E-state index contributed by atoms with van der Waals surface area (Å²) in [4.78, 5) is 14.1. The van der Waals surface area contributed by atoms with Crippen LogP contribution in [-0.4, -0.2) is 17.4 Å². The third kappa shape index (κ3) is 2.53. The molecule has 1 aliphatic heterocycles. The van der Waals surface area contributed by atoms with E-state index < -0.39 is 17.5 Å². The number of furan rings is 1. The third-order valence-corrected chi connectivity index (χ3v) is 3.94. The minimum atomic E-state index is -1.09. The van der Waals surface area contributed by atoms with Gasteiger partial charge in [0.2, 0.25) is 0 Å². The van der Waals surface area contributed by atoms with E-state index in [9.17, 15) is 13.6 Å². The SMILES string of the molecule is O=C(c1cc(F)c(F)cc1Cl)N1CCCC1c1ccco1. The van der Waals surface area contributed by atoms with E-state index >= 15 is 0 Å². The number of carbonyl (C=O) groups excluding carboxylic acids is 1. The highest BCUT2D eigenvalue weighted by atomic mass is 35.5. The summed E-state index contributed by atoms with van der Waals surface area (Å²) >= 11 is 5.87. The summed E-state index contributed by atoms with van der Waals surface area (Å²) in [7, 11) is 0. The molecule has 3 rings (SSSR count). The van der Waals surface area contributed by atoms with Crippen LogP contribution in [0.25, 0.3) is 0 Å². The van der Waals surface area contributed by atoms with Gasteiger partial charge in [0.1, 0.15) is 5.76 Å². The average molecular weight is 312 g/mol. The van der Waals surface area contributed by atoms with Crippen molar-refractivity contribution in [1.82, 2.24) is 4.90 Å². The lowest BCUT2D eigenvalue weighted by Crippen LogP contribution is -2.30. The Morgan fingerprint density at radius 2 is 2.10 bits per heavy atom. The van der Waals surface area contributed by atoms with Crippen molar-refractivity contribution in [2.45, 2.75) is 18.9 Å². The Balaban J connectivity index is 1.93. The zero-order chi connectivity index (χ0) is 15.0. The van der Waals surface area contributed by atoms with Crippen LogP contribution >= 0.6 is 11.6 Å². The number of likely N-dealkylation sites (tertiary alicyclic amines) is 1. The van der Waals surface area contributed by atoms with E-state index in [1.807, 2.05) is 0 Å². The van der Waals surface area contributed by atoms with Crippen LogP contribution in [0.1, 0.15) is 35.0 Å². The van der Waals surface area contributed by atoms with Crippen molar-refractivity contribution in [1.29, 1.82) is 0 Å². The summed E-state index contributed by atoms with van der Waals surface area (Å²) in [5.74, 6) is -1.89. The molecule has 1 aromatic heterocycles. The third-order valence-electron chi connectivity index (χ3n) is 3.63. The molecule has 1 aromatic carbocycles. The van der Waals surface area contributed by atoms with Crippen LogP contribution < -0.4 is 0 Å². The highest BCUT2D eigenvalue weighted by molar-refractivity contribution is 6.33. The van der Waals surface area contributed by atoms with Crippen LogP contribution in [-0.2, 0) is 0 Å². The molecule has 110 valence electrons. The summed E-state index contributed by atoms with van der Waals surface area (Å²) in [5, 5.41) is -0.0935. The largest absolute Gasteiger partial charge is 0.467 e. The van der Waals surface area contributed by atoms with Crippen molar-refractivity contribution < 1.29 is 18.0 Å². The first-order valence-corrected chi connectivity index (χ1v) is 6.94. The van der Waals surface area contributed by atoms with E-state index in [-0.39, 0.29) is 16.6 Å². The van der Waals surface area contributed by atoms with Crippen molar-refractivity contribution in [2.24, 2.45) is 0 Å². The molecule has 1 fully saturated rings. The highest BCUT2D eigenvalue weighted by Crippen LogP contribution is 2.34. The smallest absolute Gasteiger partial charge is 0.256 e. The summed E-state index contributed by atoms with van der Waals surface area (Å²) in [5.41, 5.74) is -0.0333. The van der Waals surface area contributed by atoms with Gasteiger partial charge >= 0.3 is 0 Å². The molecule has 21 heavy (non-hydrogen) atoms. The number of hydrogen-bond acceptors (Lipinski definition) is 2. The molecule has 1 aliphatic rings.